The average molecular weight is 359 g/mol. The van der Waals surface area contributed by atoms with E-state index >= 15 is 0 Å². The Morgan fingerprint density at radius 2 is 2.04 bits per heavy atom. The lowest BCUT2D eigenvalue weighted by atomic mass is 9.99. The summed E-state index contributed by atoms with van der Waals surface area (Å²) in [5, 5.41) is 6.90. The molecule has 26 heavy (non-hydrogen) atoms. The summed E-state index contributed by atoms with van der Waals surface area (Å²) < 4.78 is 6.00. The fraction of sp³-hybridized carbons (Fsp3) is 0.667. The molecule has 1 aliphatic carbocycles. The Morgan fingerprint density at radius 1 is 1.19 bits per heavy atom. The van der Waals surface area contributed by atoms with E-state index in [-0.39, 0.29) is 0 Å². The van der Waals surface area contributed by atoms with Crippen LogP contribution in [-0.2, 0) is 6.54 Å². The van der Waals surface area contributed by atoms with E-state index in [1.165, 1.54) is 38.8 Å². The van der Waals surface area contributed by atoms with Crippen molar-refractivity contribution in [2.24, 2.45) is 16.8 Å². The molecule has 1 saturated heterocycles. The molecule has 1 unspecified atom stereocenters. The maximum absolute atomic E-state index is 6.00. The number of nitrogens with zero attached hydrogens (tertiary/aromatic N) is 2. The molecule has 5 heteroatoms. The third-order valence-electron chi connectivity index (χ3n) is 5.18. The number of likely N-dealkylation sites (tertiary alicyclic amines) is 1. The van der Waals surface area contributed by atoms with Crippen LogP contribution < -0.4 is 15.4 Å². The molecule has 1 heterocycles. The minimum absolute atomic E-state index is 0.640. The molecule has 1 aromatic rings. The van der Waals surface area contributed by atoms with Gasteiger partial charge in [-0.05, 0) is 64.1 Å². The molecule has 1 saturated carbocycles. The van der Waals surface area contributed by atoms with Crippen LogP contribution in [0.2, 0.25) is 0 Å². The zero-order valence-corrected chi connectivity index (χ0v) is 16.3. The molecule has 1 aliphatic heterocycles. The summed E-state index contributed by atoms with van der Waals surface area (Å²) in [7, 11) is 2.21. The second kappa shape index (κ2) is 9.81. The Bertz CT molecular complexity index is 585. The molecule has 144 valence electrons. The summed E-state index contributed by atoms with van der Waals surface area (Å²) >= 11 is 0. The van der Waals surface area contributed by atoms with E-state index in [9.17, 15) is 0 Å². The highest BCUT2D eigenvalue weighted by Crippen LogP contribution is 2.30. The minimum atomic E-state index is 0.640. The summed E-state index contributed by atoms with van der Waals surface area (Å²) in [6, 6.07) is 8.28. The van der Waals surface area contributed by atoms with Crippen molar-refractivity contribution in [1.82, 2.24) is 15.5 Å². The van der Waals surface area contributed by atoms with Crippen molar-refractivity contribution in [3.63, 3.8) is 0 Å². The number of nitrogens with one attached hydrogen (secondary N) is 2. The van der Waals surface area contributed by atoms with Crippen LogP contribution in [0, 0.1) is 11.8 Å². The first kappa shape index (κ1) is 19.0. The van der Waals surface area contributed by atoms with E-state index < -0.39 is 0 Å². The van der Waals surface area contributed by atoms with E-state index in [1.807, 2.05) is 6.07 Å². The van der Waals surface area contributed by atoms with Gasteiger partial charge in [0.05, 0.1) is 13.2 Å². The monoisotopic (exact) mass is 358 g/mol. The maximum atomic E-state index is 6.00. The number of aliphatic imine (C=N–C) groups is 1. The van der Waals surface area contributed by atoms with Gasteiger partial charge in [-0.25, -0.2) is 4.99 Å². The third-order valence-corrected chi connectivity index (χ3v) is 5.18. The first-order valence-electron chi connectivity index (χ1n) is 10.2. The molecule has 2 fully saturated rings. The normalized spacial score (nSPS) is 21.5. The van der Waals surface area contributed by atoms with Gasteiger partial charge in [-0.2, -0.15) is 0 Å². The Labute approximate surface area is 158 Å². The summed E-state index contributed by atoms with van der Waals surface area (Å²) in [5.74, 6) is 3.34. The van der Waals surface area contributed by atoms with Crippen molar-refractivity contribution in [1.29, 1.82) is 0 Å². The first-order chi connectivity index (χ1) is 12.7. The van der Waals surface area contributed by atoms with Crippen LogP contribution in [0.5, 0.6) is 5.75 Å². The Hall–Kier alpha value is -1.75. The lowest BCUT2D eigenvalue weighted by molar-refractivity contribution is 0.210. The quantitative estimate of drug-likeness (QED) is 0.554. The van der Waals surface area contributed by atoms with Crippen molar-refractivity contribution in [3.05, 3.63) is 29.8 Å². The van der Waals surface area contributed by atoms with Gasteiger partial charge < -0.3 is 20.3 Å². The van der Waals surface area contributed by atoms with Crippen LogP contribution in [0.4, 0.5) is 0 Å². The first-order valence-corrected chi connectivity index (χ1v) is 10.2. The van der Waals surface area contributed by atoms with Gasteiger partial charge in [-0.1, -0.05) is 18.2 Å². The second-order valence-corrected chi connectivity index (χ2v) is 7.71. The smallest absolute Gasteiger partial charge is 0.191 e. The number of hydrogen-bond donors (Lipinski definition) is 2. The second-order valence-electron chi connectivity index (χ2n) is 7.71. The molecule has 0 aromatic heterocycles. The van der Waals surface area contributed by atoms with Gasteiger partial charge >= 0.3 is 0 Å². The number of hydrogen-bond acceptors (Lipinski definition) is 3. The SMILES string of the molecule is CCNC(=NCc1ccccc1OCC1CC1)NCC1CCCN(C)C1. The van der Waals surface area contributed by atoms with Crippen LogP contribution in [0.1, 0.15) is 38.2 Å². The lowest BCUT2D eigenvalue weighted by Gasteiger charge is -2.30. The van der Waals surface area contributed by atoms with Crippen LogP contribution in [0.25, 0.3) is 0 Å². The number of guanidine groups is 1. The van der Waals surface area contributed by atoms with Crippen molar-refractivity contribution >= 4 is 5.96 Å². The zero-order chi connectivity index (χ0) is 18.2. The molecule has 2 aliphatic rings. The Morgan fingerprint density at radius 3 is 2.81 bits per heavy atom. The van der Waals surface area contributed by atoms with E-state index in [4.69, 9.17) is 9.73 Å². The highest BCUT2D eigenvalue weighted by atomic mass is 16.5. The molecule has 1 aromatic carbocycles. The van der Waals surface area contributed by atoms with Gasteiger partial charge in [0, 0.05) is 25.2 Å². The number of piperidine rings is 1. The molecule has 5 nitrogen and oxygen atoms in total. The van der Waals surface area contributed by atoms with E-state index in [0.717, 1.165) is 42.9 Å². The van der Waals surface area contributed by atoms with E-state index in [2.05, 4.69) is 47.7 Å². The lowest BCUT2D eigenvalue weighted by Crippen LogP contribution is -2.43. The number of benzene rings is 1. The van der Waals surface area contributed by atoms with Crippen molar-refractivity contribution < 1.29 is 4.74 Å². The van der Waals surface area contributed by atoms with Gasteiger partial charge in [0.25, 0.3) is 0 Å². The van der Waals surface area contributed by atoms with Gasteiger partial charge in [0.15, 0.2) is 5.96 Å². The third kappa shape index (κ3) is 6.20. The van der Waals surface area contributed by atoms with Crippen LogP contribution in [-0.4, -0.2) is 50.7 Å². The van der Waals surface area contributed by atoms with E-state index in [1.54, 1.807) is 0 Å². The fourth-order valence-corrected chi connectivity index (χ4v) is 3.45. The van der Waals surface area contributed by atoms with Gasteiger partial charge in [-0.3, -0.25) is 0 Å². The molecule has 0 spiro atoms. The summed E-state index contributed by atoms with van der Waals surface area (Å²) in [6.07, 6.45) is 5.22. The summed E-state index contributed by atoms with van der Waals surface area (Å²) in [5.41, 5.74) is 1.16. The maximum Gasteiger partial charge on any atom is 0.191 e. The van der Waals surface area contributed by atoms with Crippen LogP contribution in [0.15, 0.2) is 29.3 Å². The fourth-order valence-electron chi connectivity index (χ4n) is 3.45. The molecular formula is C21H34N4O. The van der Waals surface area contributed by atoms with Crippen molar-refractivity contribution in [3.8, 4) is 5.75 Å². The predicted octanol–water partition coefficient (Wildman–Crippen LogP) is 2.87. The van der Waals surface area contributed by atoms with Crippen LogP contribution >= 0.6 is 0 Å². The largest absolute Gasteiger partial charge is 0.493 e. The predicted molar refractivity (Wildman–Crippen MR) is 108 cm³/mol. The standard InChI is InChI=1S/C21H34N4O/c1-3-22-21(23-13-18-7-6-12-25(2)15-18)24-14-19-8-4-5-9-20(19)26-16-17-10-11-17/h4-5,8-9,17-18H,3,6-7,10-16H2,1-2H3,(H2,22,23,24). The van der Waals surface area contributed by atoms with Gasteiger partial charge in [0.2, 0.25) is 0 Å². The molecule has 0 radical (unpaired) electrons. The molecule has 2 N–H and O–H groups in total. The molecule has 3 rings (SSSR count). The van der Waals surface area contributed by atoms with Crippen LogP contribution in [0.3, 0.4) is 0 Å². The summed E-state index contributed by atoms with van der Waals surface area (Å²) in [6.45, 7) is 7.84. The molecular weight excluding hydrogens is 324 g/mol. The Kier molecular flexibility index (Phi) is 7.18. The summed E-state index contributed by atoms with van der Waals surface area (Å²) in [4.78, 5) is 7.22. The number of para-hydroxylation sites is 1. The average Bonchev–Trinajstić information content (AvgIpc) is 3.47. The van der Waals surface area contributed by atoms with Crippen molar-refractivity contribution in [2.45, 2.75) is 39.2 Å². The Balaban J connectivity index is 1.54. The topological polar surface area (TPSA) is 48.9 Å². The molecule has 0 amide bonds. The highest BCUT2D eigenvalue weighted by molar-refractivity contribution is 5.79. The number of ether oxygens (including phenoxy) is 1. The minimum Gasteiger partial charge on any atom is -0.493 e. The number of rotatable bonds is 8. The zero-order valence-electron chi connectivity index (χ0n) is 16.3. The van der Waals surface area contributed by atoms with Crippen molar-refractivity contribution in [2.75, 3.05) is 39.8 Å². The van der Waals surface area contributed by atoms with Gasteiger partial charge in [0.1, 0.15) is 5.75 Å². The van der Waals surface area contributed by atoms with E-state index in [0.29, 0.717) is 12.5 Å². The van der Waals surface area contributed by atoms with Gasteiger partial charge in [-0.15, -0.1) is 0 Å². The molecule has 0 bridgehead atoms. The molecule has 1 atom stereocenters. The highest BCUT2D eigenvalue weighted by Gasteiger charge is 2.22.